The molecule has 2 aromatic carbocycles. The average molecular weight is 467 g/mol. The maximum Gasteiger partial charge on any atom is 0.236 e. The van der Waals surface area contributed by atoms with Gasteiger partial charge in [0.15, 0.2) is 17.3 Å². The molecule has 2 fully saturated rings. The third-order valence-corrected chi connectivity index (χ3v) is 6.50. The normalized spacial score (nSPS) is 18.7. The van der Waals surface area contributed by atoms with Crippen molar-refractivity contribution in [2.75, 3.05) is 56.0 Å². The Bertz CT molecular complexity index is 1080. The van der Waals surface area contributed by atoms with Crippen LogP contribution in [0.3, 0.4) is 0 Å². The quantitative estimate of drug-likeness (QED) is 0.339. The first-order valence-corrected chi connectivity index (χ1v) is 11.5. The van der Waals surface area contributed by atoms with Crippen LogP contribution < -0.4 is 10.2 Å². The molecule has 0 bridgehead atoms. The second-order valence-corrected chi connectivity index (χ2v) is 8.89. The van der Waals surface area contributed by atoms with E-state index in [4.69, 9.17) is 0 Å². The van der Waals surface area contributed by atoms with E-state index in [9.17, 15) is 24.6 Å². The van der Waals surface area contributed by atoms with Gasteiger partial charge in [-0.2, -0.15) is 0 Å². The number of nitrogens with one attached hydrogen (secondary N) is 1. The van der Waals surface area contributed by atoms with Gasteiger partial charge in [-0.05, 0) is 44.2 Å². The van der Waals surface area contributed by atoms with E-state index in [1.54, 1.807) is 6.92 Å². The zero-order valence-corrected chi connectivity index (χ0v) is 19.2. The Balaban J connectivity index is 1.24. The molecule has 2 heterocycles. The number of aromatic hydroxyl groups is 2. The van der Waals surface area contributed by atoms with Gasteiger partial charge in [0.25, 0.3) is 0 Å². The number of ketones is 1. The minimum atomic E-state index is -0.289. The summed E-state index contributed by atoms with van der Waals surface area (Å²) in [4.78, 5) is 43.1. The first-order valence-electron chi connectivity index (χ1n) is 11.5. The number of piperazine rings is 1. The summed E-state index contributed by atoms with van der Waals surface area (Å²) in [5, 5.41) is 21.8. The second kappa shape index (κ2) is 10.1. The molecule has 180 valence electrons. The Morgan fingerprint density at radius 2 is 1.74 bits per heavy atom. The van der Waals surface area contributed by atoms with Crippen molar-refractivity contribution in [3.63, 3.8) is 0 Å². The smallest absolute Gasteiger partial charge is 0.236 e. The number of hydrogen-bond acceptors (Lipinski definition) is 7. The zero-order valence-electron chi connectivity index (χ0n) is 19.2. The van der Waals surface area contributed by atoms with Crippen LogP contribution in [-0.4, -0.2) is 83.4 Å². The van der Waals surface area contributed by atoms with Gasteiger partial charge in [0, 0.05) is 55.7 Å². The zero-order chi connectivity index (χ0) is 24.2. The Labute approximate surface area is 198 Å². The first kappa shape index (κ1) is 23.6. The monoisotopic (exact) mass is 466 g/mol. The van der Waals surface area contributed by atoms with Gasteiger partial charge in [0.1, 0.15) is 0 Å². The lowest BCUT2D eigenvalue weighted by molar-refractivity contribution is -0.132. The number of rotatable bonds is 6. The van der Waals surface area contributed by atoms with Crippen molar-refractivity contribution in [3.8, 4) is 11.5 Å². The Hall–Kier alpha value is -3.59. The van der Waals surface area contributed by atoms with Crippen LogP contribution in [-0.2, 0) is 9.59 Å². The number of benzene rings is 2. The van der Waals surface area contributed by atoms with Crippen molar-refractivity contribution < 1.29 is 24.6 Å². The van der Waals surface area contributed by atoms with Gasteiger partial charge in [0.2, 0.25) is 11.8 Å². The van der Waals surface area contributed by atoms with Crippen molar-refractivity contribution in [3.05, 3.63) is 48.0 Å². The third-order valence-electron chi connectivity index (χ3n) is 6.50. The van der Waals surface area contributed by atoms with Crippen LogP contribution in [0.2, 0.25) is 0 Å². The lowest BCUT2D eigenvalue weighted by atomic mass is 10.1. The molecule has 3 N–H and O–H groups in total. The molecular formula is C25H30N4O5. The number of carbonyl (C=O) groups excluding carboxylic acids is 3. The van der Waals surface area contributed by atoms with Gasteiger partial charge >= 0.3 is 0 Å². The minimum absolute atomic E-state index is 0.0366. The molecule has 2 aromatic rings. The molecule has 1 unspecified atom stereocenters. The highest BCUT2D eigenvalue weighted by Gasteiger charge is 2.31. The van der Waals surface area contributed by atoms with Gasteiger partial charge in [-0.25, -0.2) is 0 Å². The molecule has 2 saturated heterocycles. The maximum absolute atomic E-state index is 12.8. The summed E-state index contributed by atoms with van der Waals surface area (Å²) in [5.74, 6) is -0.844. The number of hydrogen-bond donors (Lipinski definition) is 3. The Morgan fingerprint density at radius 1 is 0.971 bits per heavy atom. The van der Waals surface area contributed by atoms with Crippen LogP contribution in [0.25, 0.3) is 0 Å². The fourth-order valence-electron chi connectivity index (χ4n) is 4.46. The number of phenols is 2. The number of likely N-dealkylation sites (tertiary alicyclic amines) is 1. The topological polar surface area (TPSA) is 113 Å². The summed E-state index contributed by atoms with van der Waals surface area (Å²) in [5.41, 5.74) is 2.10. The van der Waals surface area contributed by atoms with Crippen LogP contribution in [0.1, 0.15) is 23.7 Å². The van der Waals surface area contributed by atoms with Crippen molar-refractivity contribution in [1.82, 2.24) is 9.80 Å². The summed E-state index contributed by atoms with van der Waals surface area (Å²) < 4.78 is 0. The molecule has 0 saturated carbocycles. The van der Waals surface area contributed by atoms with E-state index in [2.05, 4.69) is 10.2 Å². The molecule has 2 amide bonds. The maximum atomic E-state index is 12.8. The molecule has 2 aliphatic rings. The number of carbonyl (C=O) groups is 3. The van der Waals surface area contributed by atoms with E-state index in [1.807, 2.05) is 34.1 Å². The average Bonchev–Trinajstić information content (AvgIpc) is 3.30. The van der Waals surface area contributed by atoms with Crippen LogP contribution in [0.4, 0.5) is 11.4 Å². The highest BCUT2D eigenvalue weighted by atomic mass is 16.3. The molecular weight excluding hydrogens is 436 g/mol. The van der Waals surface area contributed by atoms with Crippen LogP contribution >= 0.6 is 0 Å². The fourth-order valence-corrected chi connectivity index (χ4v) is 4.46. The molecule has 9 heteroatoms. The van der Waals surface area contributed by atoms with Crippen LogP contribution in [0.15, 0.2) is 42.5 Å². The largest absolute Gasteiger partial charge is 0.504 e. The SMILES string of the molecule is CC(=O)c1cccc(N2CCN(C(=O)CN3CCC(C(=O)Nc4ccc(O)c(O)c4)C3)CC2)c1. The second-order valence-electron chi connectivity index (χ2n) is 8.89. The summed E-state index contributed by atoms with van der Waals surface area (Å²) in [6.07, 6.45) is 0.656. The predicted molar refractivity (Wildman–Crippen MR) is 128 cm³/mol. The highest BCUT2D eigenvalue weighted by molar-refractivity contribution is 5.95. The van der Waals surface area contributed by atoms with Gasteiger partial charge in [-0.15, -0.1) is 0 Å². The minimum Gasteiger partial charge on any atom is -0.504 e. The molecule has 9 nitrogen and oxygen atoms in total. The van der Waals surface area contributed by atoms with Crippen molar-refractivity contribution in [1.29, 1.82) is 0 Å². The fraction of sp³-hybridized carbons (Fsp3) is 0.400. The van der Waals surface area contributed by atoms with Gasteiger partial charge in [0.05, 0.1) is 12.5 Å². The summed E-state index contributed by atoms with van der Waals surface area (Å²) in [6.45, 7) is 5.65. The molecule has 0 aromatic heterocycles. The molecule has 0 aliphatic carbocycles. The highest BCUT2D eigenvalue weighted by Crippen LogP contribution is 2.28. The van der Waals surface area contributed by atoms with Crippen molar-refractivity contribution in [2.45, 2.75) is 13.3 Å². The number of phenolic OH excluding ortho intramolecular Hbond substituents is 2. The van der Waals surface area contributed by atoms with Crippen LogP contribution in [0, 0.1) is 5.92 Å². The van der Waals surface area contributed by atoms with E-state index >= 15 is 0 Å². The lowest BCUT2D eigenvalue weighted by Gasteiger charge is -2.37. The van der Waals surface area contributed by atoms with Gasteiger partial charge in [-0.1, -0.05) is 12.1 Å². The van der Waals surface area contributed by atoms with Gasteiger partial charge in [-0.3, -0.25) is 19.3 Å². The molecule has 4 rings (SSSR count). The molecule has 1 atom stereocenters. The van der Waals surface area contributed by atoms with E-state index < -0.39 is 0 Å². The predicted octanol–water partition coefficient (Wildman–Crippen LogP) is 1.91. The number of amides is 2. The number of Topliss-reactive ketones (excluding diaryl/α,β-unsaturated/α-hetero) is 1. The summed E-state index contributed by atoms with van der Waals surface area (Å²) in [7, 11) is 0. The Kier molecular flexibility index (Phi) is 7.02. The third kappa shape index (κ3) is 5.48. The van der Waals surface area contributed by atoms with Crippen LogP contribution in [0.5, 0.6) is 11.5 Å². The Morgan fingerprint density at radius 3 is 2.44 bits per heavy atom. The molecule has 34 heavy (non-hydrogen) atoms. The summed E-state index contributed by atoms with van der Waals surface area (Å²) in [6, 6.07) is 11.7. The van der Waals surface area contributed by atoms with E-state index in [0.717, 1.165) is 5.69 Å². The summed E-state index contributed by atoms with van der Waals surface area (Å²) >= 11 is 0. The van der Waals surface area contributed by atoms with Crippen molar-refractivity contribution in [2.24, 2.45) is 5.92 Å². The molecule has 0 radical (unpaired) electrons. The van der Waals surface area contributed by atoms with E-state index in [1.165, 1.54) is 18.2 Å². The number of nitrogens with zero attached hydrogens (tertiary/aromatic N) is 3. The molecule has 0 spiro atoms. The standard InChI is InChI=1S/C25H30N4O5/c1-17(30)18-3-2-4-21(13-18)28-9-11-29(12-10-28)24(33)16-27-8-7-19(15-27)25(34)26-20-5-6-22(31)23(32)14-20/h2-6,13-14,19,31-32H,7-12,15-16H2,1H3,(H,26,34). The lowest BCUT2D eigenvalue weighted by Crippen LogP contribution is -2.51. The van der Waals surface area contributed by atoms with Gasteiger partial charge < -0.3 is 25.3 Å². The van der Waals surface area contributed by atoms with E-state index in [-0.39, 0.29) is 41.6 Å². The molecule has 2 aliphatic heterocycles. The first-order chi connectivity index (χ1) is 16.3. The van der Waals surface area contributed by atoms with E-state index in [0.29, 0.717) is 56.9 Å². The van der Waals surface area contributed by atoms with Crippen molar-refractivity contribution >= 4 is 29.0 Å². The number of anilines is 2.